The molecule has 1 N–H and O–H groups in total. The van der Waals surface area contributed by atoms with Crippen molar-refractivity contribution in [3.8, 4) is 0 Å². The summed E-state index contributed by atoms with van der Waals surface area (Å²) in [5.74, 6) is 0.671. The van der Waals surface area contributed by atoms with E-state index >= 15 is 0 Å². The lowest BCUT2D eigenvalue weighted by Gasteiger charge is -2.18. The van der Waals surface area contributed by atoms with Crippen molar-refractivity contribution in [1.29, 1.82) is 0 Å². The van der Waals surface area contributed by atoms with Crippen LogP contribution in [-0.2, 0) is 18.6 Å². The summed E-state index contributed by atoms with van der Waals surface area (Å²) >= 11 is 0. The topological polar surface area (TPSA) is 64.7 Å². The number of nitrogens with one attached hydrogen (secondary N) is 1. The largest absolute Gasteiger partial charge is 0.345 e. The number of nitrogens with zero attached hydrogens (tertiary/aromatic N) is 4. The molecular formula is C19H23N5O. The molecule has 3 aromatic rings. The fourth-order valence-corrected chi connectivity index (χ4v) is 2.50. The molecule has 0 aliphatic heterocycles. The first-order valence-electron chi connectivity index (χ1n) is 8.31. The van der Waals surface area contributed by atoms with Crippen LogP contribution in [0.25, 0.3) is 0 Å². The number of aromatic nitrogens is 4. The lowest BCUT2D eigenvalue weighted by Crippen LogP contribution is -2.25. The molecule has 2 heterocycles. The van der Waals surface area contributed by atoms with Crippen LogP contribution in [0.1, 0.15) is 42.5 Å². The third-order valence-electron chi connectivity index (χ3n) is 3.94. The van der Waals surface area contributed by atoms with Crippen LogP contribution in [0, 0.1) is 0 Å². The van der Waals surface area contributed by atoms with Crippen molar-refractivity contribution in [3.63, 3.8) is 0 Å². The number of hydrogen-bond acceptors (Lipinski definition) is 3. The standard InChI is InChI=1S/C19H23N5O/c1-19(2,3)24-14-16(11-22-24)18(25)21-12-17-20-9-10-23(17)13-15-7-5-4-6-8-15/h4-11,14H,12-13H2,1-3H3,(H,21,25). The van der Waals surface area contributed by atoms with Crippen molar-refractivity contribution in [2.45, 2.75) is 39.4 Å². The van der Waals surface area contributed by atoms with Crippen molar-refractivity contribution in [2.75, 3.05) is 0 Å². The van der Waals surface area contributed by atoms with Crippen LogP contribution in [0.15, 0.2) is 55.1 Å². The Kier molecular flexibility index (Phi) is 4.70. The highest BCUT2D eigenvalue weighted by molar-refractivity contribution is 5.93. The van der Waals surface area contributed by atoms with Gasteiger partial charge in [-0.3, -0.25) is 9.48 Å². The molecule has 0 fully saturated rings. The number of amides is 1. The second-order valence-electron chi connectivity index (χ2n) is 6.98. The van der Waals surface area contributed by atoms with Gasteiger partial charge in [-0.25, -0.2) is 4.98 Å². The molecule has 0 atom stereocenters. The molecule has 1 amide bonds. The first-order valence-corrected chi connectivity index (χ1v) is 8.31. The van der Waals surface area contributed by atoms with Crippen molar-refractivity contribution < 1.29 is 4.79 Å². The molecule has 2 aromatic heterocycles. The lowest BCUT2D eigenvalue weighted by molar-refractivity contribution is 0.0949. The van der Waals surface area contributed by atoms with Gasteiger partial charge in [-0.2, -0.15) is 5.10 Å². The summed E-state index contributed by atoms with van der Waals surface area (Å²) < 4.78 is 3.83. The fourth-order valence-electron chi connectivity index (χ4n) is 2.50. The van der Waals surface area contributed by atoms with Crippen LogP contribution in [0.3, 0.4) is 0 Å². The zero-order valence-corrected chi connectivity index (χ0v) is 14.8. The number of imidazole rings is 1. The fraction of sp³-hybridized carbons (Fsp3) is 0.316. The van der Waals surface area contributed by atoms with E-state index in [2.05, 4.69) is 27.5 Å². The SMILES string of the molecule is CC(C)(C)n1cc(C(=O)NCc2nccn2Cc2ccccc2)cn1. The number of benzene rings is 1. The Morgan fingerprint density at radius 2 is 1.96 bits per heavy atom. The molecule has 0 aliphatic rings. The number of carbonyl (C=O) groups excluding carboxylic acids is 1. The summed E-state index contributed by atoms with van der Waals surface area (Å²) in [4.78, 5) is 16.7. The predicted octanol–water partition coefficient (Wildman–Crippen LogP) is 2.81. The smallest absolute Gasteiger partial charge is 0.254 e. The average Bonchev–Trinajstić information content (AvgIpc) is 3.23. The van der Waals surface area contributed by atoms with Gasteiger partial charge in [0.05, 0.1) is 23.8 Å². The van der Waals surface area contributed by atoms with Crippen LogP contribution < -0.4 is 5.32 Å². The lowest BCUT2D eigenvalue weighted by atomic mass is 10.1. The molecule has 0 saturated carbocycles. The van der Waals surface area contributed by atoms with Crippen LogP contribution >= 0.6 is 0 Å². The molecule has 6 heteroatoms. The maximum Gasteiger partial charge on any atom is 0.254 e. The van der Waals surface area contributed by atoms with Crippen molar-refractivity contribution >= 4 is 5.91 Å². The predicted molar refractivity (Wildman–Crippen MR) is 96.2 cm³/mol. The second-order valence-corrected chi connectivity index (χ2v) is 6.98. The Morgan fingerprint density at radius 1 is 1.20 bits per heavy atom. The monoisotopic (exact) mass is 337 g/mol. The highest BCUT2D eigenvalue weighted by Crippen LogP contribution is 2.13. The Morgan fingerprint density at radius 3 is 2.64 bits per heavy atom. The van der Waals surface area contributed by atoms with E-state index in [1.807, 2.05) is 49.7 Å². The summed E-state index contributed by atoms with van der Waals surface area (Å²) in [6, 6.07) is 10.2. The van der Waals surface area contributed by atoms with E-state index in [4.69, 9.17) is 0 Å². The molecule has 0 spiro atoms. The Bertz CT molecular complexity index is 842. The second kappa shape index (κ2) is 6.93. The van der Waals surface area contributed by atoms with Crippen molar-refractivity contribution in [2.24, 2.45) is 0 Å². The zero-order chi connectivity index (χ0) is 17.9. The summed E-state index contributed by atoms with van der Waals surface area (Å²) in [6.45, 7) is 7.24. The highest BCUT2D eigenvalue weighted by Gasteiger charge is 2.17. The van der Waals surface area contributed by atoms with E-state index in [9.17, 15) is 4.79 Å². The molecule has 3 rings (SSSR count). The summed E-state index contributed by atoms with van der Waals surface area (Å²) in [5.41, 5.74) is 1.60. The minimum atomic E-state index is -0.148. The number of rotatable bonds is 5. The van der Waals surface area contributed by atoms with Crippen LogP contribution in [0.4, 0.5) is 0 Å². The average molecular weight is 337 g/mol. The molecule has 130 valence electrons. The number of hydrogen-bond donors (Lipinski definition) is 1. The van der Waals surface area contributed by atoms with Gasteiger partial charge < -0.3 is 9.88 Å². The van der Waals surface area contributed by atoms with Crippen molar-refractivity contribution in [1.82, 2.24) is 24.6 Å². The van der Waals surface area contributed by atoms with Crippen LogP contribution in [0.5, 0.6) is 0 Å². The third-order valence-corrected chi connectivity index (χ3v) is 3.94. The van der Waals surface area contributed by atoms with Gasteiger partial charge in [-0.15, -0.1) is 0 Å². The Hall–Kier alpha value is -2.89. The van der Waals surface area contributed by atoms with Gasteiger partial charge in [0.1, 0.15) is 5.82 Å². The van der Waals surface area contributed by atoms with Gasteiger partial charge in [0.25, 0.3) is 5.91 Å². The molecule has 0 radical (unpaired) electrons. The first-order chi connectivity index (χ1) is 11.9. The maximum atomic E-state index is 12.3. The normalized spacial score (nSPS) is 11.5. The molecule has 25 heavy (non-hydrogen) atoms. The van der Waals surface area contributed by atoms with Crippen LogP contribution in [0.2, 0.25) is 0 Å². The number of carbonyl (C=O) groups is 1. The van der Waals surface area contributed by atoms with Gasteiger partial charge in [0.2, 0.25) is 0 Å². The maximum absolute atomic E-state index is 12.3. The van der Waals surface area contributed by atoms with Crippen LogP contribution in [-0.4, -0.2) is 25.2 Å². The van der Waals surface area contributed by atoms with E-state index in [0.29, 0.717) is 12.1 Å². The van der Waals surface area contributed by atoms with Gasteiger partial charge >= 0.3 is 0 Å². The zero-order valence-electron chi connectivity index (χ0n) is 14.8. The third kappa shape index (κ3) is 4.15. The highest BCUT2D eigenvalue weighted by atomic mass is 16.1. The van der Waals surface area contributed by atoms with Gasteiger partial charge in [-0.05, 0) is 26.3 Å². The molecule has 1 aromatic carbocycles. The molecule has 0 bridgehead atoms. The summed E-state index contributed by atoms with van der Waals surface area (Å²) in [7, 11) is 0. The molecule has 0 saturated heterocycles. The van der Waals surface area contributed by atoms with E-state index in [1.165, 1.54) is 5.56 Å². The Labute approximate surface area is 147 Å². The van der Waals surface area contributed by atoms with Gasteiger partial charge in [-0.1, -0.05) is 30.3 Å². The molecule has 0 aliphatic carbocycles. The first kappa shape index (κ1) is 17.0. The van der Waals surface area contributed by atoms with E-state index in [0.717, 1.165) is 12.4 Å². The van der Waals surface area contributed by atoms with E-state index in [-0.39, 0.29) is 11.4 Å². The Balaban J connectivity index is 1.63. The summed E-state index contributed by atoms with van der Waals surface area (Å²) in [6.07, 6.45) is 7.04. The van der Waals surface area contributed by atoms with Gasteiger partial charge in [0.15, 0.2) is 0 Å². The van der Waals surface area contributed by atoms with E-state index < -0.39 is 0 Å². The molecule has 6 nitrogen and oxygen atoms in total. The molecular weight excluding hydrogens is 314 g/mol. The van der Waals surface area contributed by atoms with E-state index in [1.54, 1.807) is 23.3 Å². The quantitative estimate of drug-likeness (QED) is 0.778. The van der Waals surface area contributed by atoms with Crippen molar-refractivity contribution in [3.05, 3.63) is 72.1 Å². The minimum Gasteiger partial charge on any atom is -0.345 e. The minimum absolute atomic E-state index is 0.148. The van der Waals surface area contributed by atoms with Gasteiger partial charge in [0, 0.05) is 25.1 Å². The molecule has 0 unspecified atom stereocenters. The summed E-state index contributed by atoms with van der Waals surface area (Å²) in [5, 5.41) is 7.18.